The van der Waals surface area contributed by atoms with Gasteiger partial charge in [-0.1, -0.05) is 23.2 Å². The van der Waals surface area contributed by atoms with Crippen LogP contribution < -0.4 is 5.32 Å². The maximum absolute atomic E-state index is 11.6. The summed E-state index contributed by atoms with van der Waals surface area (Å²) in [6.45, 7) is 0. The van der Waals surface area contributed by atoms with Gasteiger partial charge in [0.1, 0.15) is 0 Å². The predicted octanol–water partition coefficient (Wildman–Crippen LogP) is 3.70. The van der Waals surface area contributed by atoms with Crippen LogP contribution in [0.25, 0.3) is 0 Å². The van der Waals surface area contributed by atoms with Gasteiger partial charge in [0, 0.05) is 27.3 Å². The molecule has 0 bridgehead atoms. The van der Waals surface area contributed by atoms with E-state index in [-0.39, 0.29) is 5.91 Å². The van der Waals surface area contributed by atoms with Gasteiger partial charge >= 0.3 is 0 Å². The second-order valence-electron chi connectivity index (χ2n) is 2.95. The number of nitrogens with one attached hydrogen (secondary N) is 1. The Kier molecular flexibility index (Phi) is 3.43. The predicted molar refractivity (Wildman–Crippen MR) is 66.5 cm³/mol. The fraction of sp³-hybridized carbons (Fsp3) is 0. The van der Waals surface area contributed by atoms with Gasteiger partial charge in [0.25, 0.3) is 5.91 Å². The number of aromatic nitrogens is 1. The third-order valence-corrected chi connectivity index (χ3v) is 2.96. The number of nitrogens with zero attached hydrogens (tertiary/aromatic N) is 1. The molecule has 1 amide bonds. The van der Waals surface area contributed by atoms with E-state index in [4.69, 9.17) is 23.2 Å². The van der Waals surface area contributed by atoms with Gasteiger partial charge < -0.3 is 5.32 Å². The number of anilines is 1. The van der Waals surface area contributed by atoms with Gasteiger partial charge in [0.2, 0.25) is 0 Å². The van der Waals surface area contributed by atoms with Crippen molar-refractivity contribution < 1.29 is 4.79 Å². The number of carbonyl (C=O) groups excluding carboxylic acids is 1. The van der Waals surface area contributed by atoms with Crippen LogP contribution >= 0.6 is 34.5 Å². The summed E-state index contributed by atoms with van der Waals surface area (Å²) in [5.74, 6) is -0.270. The van der Waals surface area contributed by atoms with E-state index in [1.54, 1.807) is 29.8 Å². The molecule has 1 N–H and O–H groups in total. The molecule has 0 fully saturated rings. The summed E-state index contributed by atoms with van der Waals surface area (Å²) in [5, 5.41) is 5.75. The number of rotatable bonds is 2. The highest BCUT2D eigenvalue weighted by molar-refractivity contribution is 7.11. The molecule has 1 aromatic carbocycles. The first kappa shape index (κ1) is 11.4. The van der Waals surface area contributed by atoms with E-state index in [1.165, 1.54) is 11.3 Å². The lowest BCUT2D eigenvalue weighted by molar-refractivity contribution is 0.102. The molecule has 0 saturated heterocycles. The van der Waals surface area contributed by atoms with Crippen molar-refractivity contribution in [1.82, 2.24) is 4.98 Å². The third-order valence-electron chi connectivity index (χ3n) is 1.75. The Morgan fingerprint density at radius 1 is 1.25 bits per heavy atom. The molecule has 1 aromatic heterocycles. The number of carbonyl (C=O) groups is 1. The molecular formula is C10H6Cl2N2OS. The van der Waals surface area contributed by atoms with Crippen molar-refractivity contribution in [2.45, 2.75) is 0 Å². The number of halogens is 2. The molecule has 2 rings (SSSR count). The number of thiazole rings is 1. The molecule has 0 atom stereocenters. The van der Waals surface area contributed by atoms with Crippen LogP contribution in [0, 0.1) is 0 Å². The molecule has 2 aromatic rings. The zero-order valence-electron chi connectivity index (χ0n) is 7.91. The SMILES string of the molecule is O=C(Nc1cc(Cl)cc(Cl)c1)c1nccs1. The van der Waals surface area contributed by atoms with Crippen LogP contribution in [0.5, 0.6) is 0 Å². The largest absolute Gasteiger partial charge is 0.320 e. The zero-order valence-corrected chi connectivity index (χ0v) is 10.2. The van der Waals surface area contributed by atoms with E-state index in [0.717, 1.165) is 0 Å². The molecule has 3 nitrogen and oxygen atoms in total. The Morgan fingerprint density at radius 2 is 1.94 bits per heavy atom. The average molecular weight is 273 g/mol. The van der Waals surface area contributed by atoms with Gasteiger partial charge in [-0.3, -0.25) is 4.79 Å². The first-order chi connectivity index (χ1) is 7.65. The summed E-state index contributed by atoms with van der Waals surface area (Å²) in [6.07, 6.45) is 1.57. The Hall–Kier alpha value is -1.10. The van der Waals surface area contributed by atoms with Crippen LogP contribution in [0.4, 0.5) is 5.69 Å². The van der Waals surface area contributed by atoms with Crippen LogP contribution in [0.2, 0.25) is 10.0 Å². The molecule has 0 aliphatic heterocycles. The summed E-state index contributed by atoms with van der Waals surface area (Å²) >= 11 is 12.9. The Balaban J connectivity index is 2.18. The van der Waals surface area contributed by atoms with Crippen LogP contribution in [-0.4, -0.2) is 10.9 Å². The third kappa shape index (κ3) is 2.72. The molecule has 16 heavy (non-hydrogen) atoms. The van der Waals surface area contributed by atoms with Crippen LogP contribution in [-0.2, 0) is 0 Å². The molecule has 0 aliphatic rings. The lowest BCUT2D eigenvalue weighted by Gasteiger charge is -2.04. The highest BCUT2D eigenvalue weighted by Gasteiger charge is 2.09. The second-order valence-corrected chi connectivity index (χ2v) is 4.72. The van der Waals surface area contributed by atoms with Gasteiger partial charge in [0.15, 0.2) is 5.01 Å². The first-order valence-corrected chi connectivity index (χ1v) is 5.95. The number of hydrogen-bond donors (Lipinski definition) is 1. The second kappa shape index (κ2) is 4.82. The van der Waals surface area contributed by atoms with E-state index < -0.39 is 0 Å². The molecule has 82 valence electrons. The van der Waals surface area contributed by atoms with E-state index in [1.807, 2.05) is 0 Å². The fourth-order valence-electron chi connectivity index (χ4n) is 1.15. The monoisotopic (exact) mass is 272 g/mol. The quantitative estimate of drug-likeness (QED) is 0.906. The highest BCUT2D eigenvalue weighted by atomic mass is 35.5. The molecule has 0 spiro atoms. The zero-order chi connectivity index (χ0) is 11.5. The average Bonchev–Trinajstić information content (AvgIpc) is 2.68. The summed E-state index contributed by atoms with van der Waals surface area (Å²) in [4.78, 5) is 15.5. The smallest absolute Gasteiger partial charge is 0.284 e. The van der Waals surface area contributed by atoms with Gasteiger partial charge in [-0.25, -0.2) is 4.98 Å². The molecule has 0 radical (unpaired) electrons. The standard InChI is InChI=1S/C10H6Cl2N2OS/c11-6-3-7(12)5-8(4-6)14-9(15)10-13-1-2-16-10/h1-5H,(H,14,15). The summed E-state index contributed by atoms with van der Waals surface area (Å²) in [6, 6.07) is 4.85. The molecule has 0 unspecified atom stereocenters. The normalized spacial score (nSPS) is 10.1. The number of benzene rings is 1. The van der Waals surface area contributed by atoms with Crippen molar-refractivity contribution in [1.29, 1.82) is 0 Å². The molecule has 6 heteroatoms. The lowest BCUT2D eigenvalue weighted by Crippen LogP contribution is -2.11. The summed E-state index contributed by atoms with van der Waals surface area (Å²) < 4.78 is 0. The molecular weight excluding hydrogens is 267 g/mol. The first-order valence-electron chi connectivity index (χ1n) is 4.32. The van der Waals surface area contributed by atoms with Crippen LogP contribution in [0.15, 0.2) is 29.8 Å². The van der Waals surface area contributed by atoms with Gasteiger partial charge in [0.05, 0.1) is 0 Å². The lowest BCUT2D eigenvalue weighted by atomic mass is 10.3. The molecule has 0 aliphatic carbocycles. The van der Waals surface area contributed by atoms with Gasteiger partial charge in [-0.05, 0) is 18.2 Å². The molecule has 0 saturated carbocycles. The van der Waals surface area contributed by atoms with Crippen LogP contribution in [0.3, 0.4) is 0 Å². The fourth-order valence-corrected chi connectivity index (χ4v) is 2.20. The Bertz CT molecular complexity index is 493. The minimum atomic E-state index is -0.270. The van der Waals surface area contributed by atoms with Gasteiger partial charge in [-0.2, -0.15) is 0 Å². The topological polar surface area (TPSA) is 42.0 Å². The van der Waals surface area contributed by atoms with Crippen LogP contribution in [0.1, 0.15) is 9.80 Å². The van der Waals surface area contributed by atoms with E-state index in [2.05, 4.69) is 10.3 Å². The highest BCUT2D eigenvalue weighted by Crippen LogP contribution is 2.23. The summed E-state index contributed by atoms with van der Waals surface area (Å²) in [7, 11) is 0. The minimum Gasteiger partial charge on any atom is -0.320 e. The summed E-state index contributed by atoms with van der Waals surface area (Å²) in [5.41, 5.74) is 0.553. The number of amides is 1. The van der Waals surface area contributed by atoms with E-state index in [9.17, 15) is 4.79 Å². The van der Waals surface area contributed by atoms with E-state index in [0.29, 0.717) is 20.7 Å². The maximum Gasteiger partial charge on any atom is 0.284 e. The Morgan fingerprint density at radius 3 is 2.50 bits per heavy atom. The van der Waals surface area contributed by atoms with Crippen molar-refractivity contribution in [3.05, 3.63) is 44.8 Å². The molecule has 1 heterocycles. The maximum atomic E-state index is 11.6. The van der Waals surface area contributed by atoms with Crippen molar-refractivity contribution in [2.75, 3.05) is 5.32 Å². The van der Waals surface area contributed by atoms with Crippen molar-refractivity contribution in [3.8, 4) is 0 Å². The van der Waals surface area contributed by atoms with Crippen molar-refractivity contribution in [2.24, 2.45) is 0 Å². The number of hydrogen-bond acceptors (Lipinski definition) is 3. The van der Waals surface area contributed by atoms with E-state index >= 15 is 0 Å². The van der Waals surface area contributed by atoms with Crippen molar-refractivity contribution >= 4 is 46.1 Å². The Labute approximate surface area is 106 Å². The van der Waals surface area contributed by atoms with Gasteiger partial charge in [-0.15, -0.1) is 11.3 Å². The van der Waals surface area contributed by atoms with Crippen molar-refractivity contribution in [3.63, 3.8) is 0 Å². The minimum absolute atomic E-state index is 0.270.